The first-order valence-electron chi connectivity index (χ1n) is 15.0. The summed E-state index contributed by atoms with van der Waals surface area (Å²) in [5.41, 5.74) is 1.13. The van der Waals surface area contributed by atoms with Gasteiger partial charge in [0.2, 0.25) is 8.41 Å². The predicted octanol–water partition coefficient (Wildman–Crippen LogP) is 6.74. The molecule has 0 saturated carbocycles. The van der Waals surface area contributed by atoms with Crippen LogP contribution in [0.1, 0.15) is 34.8 Å². The number of aliphatic hydroxyl groups excluding tert-OH is 1. The van der Waals surface area contributed by atoms with Gasteiger partial charge in [-0.3, -0.25) is 24.6 Å². The Morgan fingerprint density at radius 1 is 1.02 bits per heavy atom. The van der Waals surface area contributed by atoms with Crippen LogP contribution in [-0.4, -0.2) is 43.0 Å². The van der Waals surface area contributed by atoms with Crippen molar-refractivity contribution in [1.29, 1.82) is 0 Å². The average Bonchev–Trinajstić information content (AvgIpc) is 3.56. The molecular weight excluding hydrogens is 593 g/mol. The number of nitro benzene ring substituents is 1. The van der Waals surface area contributed by atoms with Gasteiger partial charge in [-0.25, -0.2) is 0 Å². The van der Waals surface area contributed by atoms with Crippen molar-refractivity contribution in [3.05, 3.63) is 106 Å². The largest absolute Gasteiger partial charge is 0.396 e. The van der Waals surface area contributed by atoms with Crippen LogP contribution in [0.25, 0.3) is 10.8 Å². The second kappa shape index (κ2) is 10.3. The van der Waals surface area contributed by atoms with E-state index in [1.165, 1.54) is 12.1 Å². The van der Waals surface area contributed by atoms with Gasteiger partial charge in [-0.1, -0.05) is 43.3 Å². The summed E-state index contributed by atoms with van der Waals surface area (Å²) in [6, 6.07) is 23.1. The fraction of sp³-hybridized carbons (Fsp3) is 0.294. The molecule has 4 aromatic carbocycles. The van der Waals surface area contributed by atoms with Crippen LogP contribution >= 0.6 is 0 Å². The molecule has 0 aromatic heterocycles. The van der Waals surface area contributed by atoms with Crippen molar-refractivity contribution in [1.82, 2.24) is 0 Å². The van der Waals surface area contributed by atoms with Crippen molar-refractivity contribution < 1.29 is 28.5 Å². The number of hydrogen-bond acceptors (Lipinski definition) is 6. The van der Waals surface area contributed by atoms with Gasteiger partial charge >= 0.3 is 0 Å². The number of carbonyl (C=O) groups excluding carboxylic acids is 2. The van der Waals surface area contributed by atoms with Gasteiger partial charge in [-0.2, -0.15) is 0 Å². The maximum atomic E-state index is 15.8. The van der Waals surface area contributed by atoms with Gasteiger partial charge in [0, 0.05) is 46.8 Å². The molecule has 9 nitrogen and oxygen atoms in total. The quantitative estimate of drug-likeness (QED) is 0.105. The van der Waals surface area contributed by atoms with E-state index in [9.17, 15) is 24.8 Å². The molecule has 0 unspecified atom stereocenters. The lowest BCUT2D eigenvalue weighted by molar-refractivity contribution is -0.385. The van der Waals surface area contributed by atoms with Crippen LogP contribution in [0, 0.1) is 16.0 Å². The number of anilines is 3. The van der Waals surface area contributed by atoms with Gasteiger partial charge in [0.15, 0.2) is 5.60 Å². The number of fused-ring (bicyclic) bond motifs is 2. The lowest BCUT2D eigenvalue weighted by atomic mass is 9.82. The maximum Gasteiger partial charge on any atom is 0.269 e. The summed E-state index contributed by atoms with van der Waals surface area (Å²) in [7, 11) is -3.42. The number of non-ortho nitro benzene ring substituents is 1. The van der Waals surface area contributed by atoms with Crippen molar-refractivity contribution in [2.24, 2.45) is 5.92 Å². The van der Waals surface area contributed by atoms with Crippen LogP contribution in [0.5, 0.6) is 0 Å². The third-order valence-corrected chi connectivity index (χ3v) is 12.1. The molecule has 2 amide bonds. The SMILES string of the molecule is C[C@@H]1[C@@H]([Si](C)(C)F)[C@H](CCO)O[C@@]12C(=O)N(Cc1cccc(N3C(=O)c4cccc5cccc3c45)c1)c1ccc([N+](=O)[O-])cc12. The van der Waals surface area contributed by atoms with Crippen LogP contribution in [0.4, 0.5) is 26.9 Å². The van der Waals surface area contributed by atoms with Gasteiger partial charge in [0.05, 0.1) is 34.5 Å². The molecule has 4 atom stereocenters. The summed E-state index contributed by atoms with van der Waals surface area (Å²) in [5.74, 6) is -1.19. The van der Waals surface area contributed by atoms with E-state index in [0.29, 0.717) is 22.5 Å². The Balaban J connectivity index is 1.29. The van der Waals surface area contributed by atoms with Crippen molar-refractivity contribution in [3.8, 4) is 0 Å². The number of carbonyl (C=O) groups is 2. The van der Waals surface area contributed by atoms with Crippen molar-refractivity contribution in [2.45, 2.75) is 50.2 Å². The van der Waals surface area contributed by atoms with Gasteiger partial charge in [0.1, 0.15) is 0 Å². The van der Waals surface area contributed by atoms with Crippen molar-refractivity contribution in [2.75, 3.05) is 16.4 Å². The molecule has 1 spiro atoms. The van der Waals surface area contributed by atoms with Gasteiger partial charge in [-0.15, -0.1) is 0 Å². The van der Waals surface area contributed by atoms with E-state index in [0.717, 1.165) is 22.0 Å². The number of amides is 2. The number of aliphatic hydroxyl groups is 1. The van der Waals surface area contributed by atoms with E-state index in [-0.39, 0.29) is 31.2 Å². The smallest absolute Gasteiger partial charge is 0.269 e. The molecule has 11 heteroatoms. The van der Waals surface area contributed by atoms with E-state index < -0.39 is 42.4 Å². The number of rotatable bonds is 7. The van der Waals surface area contributed by atoms with Crippen LogP contribution < -0.4 is 9.80 Å². The van der Waals surface area contributed by atoms with Crippen molar-refractivity contribution in [3.63, 3.8) is 0 Å². The second-order valence-corrected chi connectivity index (χ2v) is 16.4. The summed E-state index contributed by atoms with van der Waals surface area (Å²) in [4.78, 5) is 42.7. The third-order valence-electron chi connectivity index (χ3n) is 9.64. The van der Waals surface area contributed by atoms with E-state index in [2.05, 4.69) is 0 Å². The summed E-state index contributed by atoms with van der Waals surface area (Å²) < 4.78 is 22.3. The molecule has 0 bridgehead atoms. The molecule has 1 fully saturated rings. The topological polar surface area (TPSA) is 113 Å². The number of benzene rings is 4. The first kappa shape index (κ1) is 29.3. The molecule has 3 aliphatic heterocycles. The Labute approximate surface area is 260 Å². The molecule has 1 saturated heterocycles. The highest BCUT2D eigenvalue weighted by atomic mass is 28.4. The molecule has 0 aliphatic carbocycles. The molecule has 7 rings (SSSR count). The van der Waals surface area contributed by atoms with Gasteiger partial charge < -0.3 is 18.9 Å². The minimum atomic E-state index is -3.42. The Hall–Kier alpha value is -4.45. The van der Waals surface area contributed by atoms with Crippen LogP contribution in [0.3, 0.4) is 0 Å². The highest BCUT2D eigenvalue weighted by molar-refractivity contribution is 6.72. The van der Waals surface area contributed by atoms with Gasteiger partial charge in [-0.05, 0) is 60.8 Å². The lowest BCUT2D eigenvalue weighted by Gasteiger charge is -2.31. The van der Waals surface area contributed by atoms with E-state index >= 15 is 4.11 Å². The van der Waals surface area contributed by atoms with E-state index in [4.69, 9.17) is 4.74 Å². The fourth-order valence-electron chi connectivity index (χ4n) is 7.85. The molecule has 45 heavy (non-hydrogen) atoms. The fourth-order valence-corrected chi connectivity index (χ4v) is 10.4. The highest BCUT2D eigenvalue weighted by Crippen LogP contribution is 2.60. The number of halogens is 1. The maximum absolute atomic E-state index is 15.8. The zero-order chi connectivity index (χ0) is 31.8. The Bertz CT molecular complexity index is 1910. The molecule has 3 heterocycles. The van der Waals surface area contributed by atoms with Crippen molar-refractivity contribution >= 4 is 53.7 Å². The average molecular weight is 626 g/mol. The zero-order valence-corrected chi connectivity index (χ0v) is 26.1. The molecule has 0 radical (unpaired) electrons. The standard InChI is InChI=1S/C34H32FN3O6Si/c1-20-31(45(2,3)35)29(15-16-39)44-34(20)26-18-24(38(42)43)13-14-27(26)36(33(34)41)19-21-7-4-10-23(17-21)37-28-12-6-9-22-8-5-11-25(30(22)28)32(37)40/h4-14,17-18,20,29,31,39H,15-16,19H2,1-3H3/t20-,29+,31-,34+/m1/s1. The zero-order valence-electron chi connectivity index (χ0n) is 25.1. The molecule has 3 aliphatic rings. The Morgan fingerprint density at radius 2 is 1.76 bits per heavy atom. The van der Waals surface area contributed by atoms with Gasteiger partial charge in [0.25, 0.3) is 17.5 Å². The highest BCUT2D eigenvalue weighted by Gasteiger charge is 2.66. The third kappa shape index (κ3) is 4.25. The first-order chi connectivity index (χ1) is 21.5. The lowest BCUT2D eigenvalue weighted by Crippen LogP contribution is -2.45. The molecule has 230 valence electrons. The number of hydrogen-bond donors (Lipinski definition) is 1. The Morgan fingerprint density at radius 3 is 2.47 bits per heavy atom. The Kier molecular flexibility index (Phi) is 6.70. The monoisotopic (exact) mass is 625 g/mol. The molecule has 4 aromatic rings. The minimum Gasteiger partial charge on any atom is -0.396 e. The van der Waals surface area contributed by atoms with Crippen LogP contribution in [0.15, 0.2) is 78.9 Å². The van der Waals surface area contributed by atoms with E-state index in [1.807, 2.05) is 60.7 Å². The van der Waals surface area contributed by atoms with Crippen LogP contribution in [0.2, 0.25) is 18.6 Å². The normalized spacial score (nSPS) is 23.9. The predicted molar refractivity (Wildman–Crippen MR) is 171 cm³/mol. The number of nitro groups is 1. The number of ether oxygens (including phenoxy) is 1. The molecule has 1 N–H and O–H groups in total. The summed E-state index contributed by atoms with van der Waals surface area (Å²) in [5, 5.41) is 23.5. The summed E-state index contributed by atoms with van der Waals surface area (Å²) in [6.45, 7) is 4.76. The van der Waals surface area contributed by atoms with Crippen LogP contribution in [-0.2, 0) is 21.7 Å². The summed E-state index contributed by atoms with van der Waals surface area (Å²) in [6.07, 6.45) is -0.572. The second-order valence-electron chi connectivity index (χ2n) is 12.6. The van der Waals surface area contributed by atoms with E-state index in [1.54, 1.807) is 35.9 Å². The summed E-state index contributed by atoms with van der Waals surface area (Å²) >= 11 is 0. The minimum absolute atomic E-state index is 0.0975. The number of nitrogens with zero attached hydrogens (tertiary/aromatic N) is 3. The first-order valence-corrected chi connectivity index (χ1v) is 18.0. The molecular formula is C34H32FN3O6Si.